The van der Waals surface area contributed by atoms with Crippen LogP contribution >= 0.6 is 0 Å². The van der Waals surface area contributed by atoms with E-state index in [4.69, 9.17) is 15.2 Å². The molecule has 2 heterocycles. The summed E-state index contributed by atoms with van der Waals surface area (Å²) in [5, 5.41) is 16.5. The van der Waals surface area contributed by atoms with Crippen molar-refractivity contribution in [3.8, 4) is 23.4 Å². The standard InChI is InChI=1S/C20H15FN4O2/c1-11-17-18(14(10-22)19(23)27-20(17)25-24-11)12-7-8-15(21)16(9-12)26-13-5-3-2-4-6-13/h2-9,18H,23H2,1H3,(H,24,25). The van der Waals surface area contributed by atoms with Crippen LogP contribution in [0.4, 0.5) is 4.39 Å². The van der Waals surface area contributed by atoms with Gasteiger partial charge in [0.05, 0.1) is 5.92 Å². The van der Waals surface area contributed by atoms with Crippen LogP contribution in [0.1, 0.15) is 22.7 Å². The van der Waals surface area contributed by atoms with Crippen molar-refractivity contribution in [1.29, 1.82) is 5.26 Å². The zero-order valence-corrected chi connectivity index (χ0v) is 14.4. The van der Waals surface area contributed by atoms with Crippen LogP contribution in [0.25, 0.3) is 0 Å². The average Bonchev–Trinajstić information content (AvgIpc) is 3.03. The smallest absolute Gasteiger partial charge is 0.244 e. The lowest BCUT2D eigenvalue weighted by molar-refractivity contribution is 0.378. The minimum Gasteiger partial charge on any atom is -0.454 e. The number of aromatic amines is 1. The number of nitriles is 1. The molecule has 4 rings (SSSR count). The van der Waals surface area contributed by atoms with E-state index in [0.717, 1.165) is 5.69 Å². The van der Waals surface area contributed by atoms with Gasteiger partial charge < -0.3 is 15.2 Å². The molecular weight excluding hydrogens is 347 g/mol. The van der Waals surface area contributed by atoms with Gasteiger partial charge >= 0.3 is 0 Å². The maximum atomic E-state index is 14.3. The van der Waals surface area contributed by atoms with Crippen LogP contribution in [0.15, 0.2) is 60.0 Å². The second-order valence-electron chi connectivity index (χ2n) is 6.10. The van der Waals surface area contributed by atoms with Crippen LogP contribution in [0.5, 0.6) is 17.4 Å². The molecule has 3 aromatic rings. The highest BCUT2D eigenvalue weighted by Crippen LogP contribution is 2.43. The summed E-state index contributed by atoms with van der Waals surface area (Å²) in [5.41, 5.74) is 8.23. The van der Waals surface area contributed by atoms with E-state index in [2.05, 4.69) is 16.3 Å². The molecule has 2 aromatic carbocycles. The number of rotatable bonds is 3. The predicted molar refractivity (Wildman–Crippen MR) is 95.5 cm³/mol. The Morgan fingerprint density at radius 3 is 2.78 bits per heavy atom. The Morgan fingerprint density at radius 1 is 1.26 bits per heavy atom. The molecule has 1 unspecified atom stereocenters. The summed E-state index contributed by atoms with van der Waals surface area (Å²) < 4.78 is 25.4. The molecule has 0 amide bonds. The van der Waals surface area contributed by atoms with Crippen molar-refractivity contribution in [2.45, 2.75) is 12.8 Å². The predicted octanol–water partition coefficient (Wildman–Crippen LogP) is 3.87. The van der Waals surface area contributed by atoms with E-state index in [0.29, 0.717) is 22.8 Å². The fraction of sp³-hybridized carbons (Fsp3) is 0.100. The fourth-order valence-corrected chi connectivity index (χ4v) is 3.13. The van der Waals surface area contributed by atoms with Gasteiger partial charge in [-0.1, -0.05) is 24.3 Å². The topological polar surface area (TPSA) is 97.0 Å². The second kappa shape index (κ2) is 6.50. The fourth-order valence-electron chi connectivity index (χ4n) is 3.13. The maximum Gasteiger partial charge on any atom is 0.244 e. The van der Waals surface area contributed by atoms with Gasteiger partial charge in [-0.25, -0.2) is 4.39 Å². The second-order valence-corrected chi connectivity index (χ2v) is 6.10. The van der Waals surface area contributed by atoms with Crippen molar-refractivity contribution in [1.82, 2.24) is 10.2 Å². The summed E-state index contributed by atoms with van der Waals surface area (Å²) in [7, 11) is 0. The molecule has 0 fully saturated rings. The largest absolute Gasteiger partial charge is 0.454 e. The molecular formula is C20H15FN4O2. The van der Waals surface area contributed by atoms with Crippen LogP contribution in [-0.2, 0) is 0 Å². The molecule has 0 saturated heterocycles. The minimum atomic E-state index is -0.531. The van der Waals surface area contributed by atoms with Gasteiger partial charge in [0.15, 0.2) is 11.6 Å². The number of allylic oxidation sites excluding steroid dienone is 1. The minimum absolute atomic E-state index is 0.0173. The van der Waals surface area contributed by atoms with Crippen LogP contribution in [0.3, 0.4) is 0 Å². The van der Waals surface area contributed by atoms with Crippen molar-refractivity contribution in [3.05, 3.63) is 82.6 Å². The SMILES string of the molecule is Cc1[nH]nc2c1C(c1ccc(F)c(Oc3ccccc3)c1)C(C#N)=C(N)O2. The van der Waals surface area contributed by atoms with Crippen molar-refractivity contribution < 1.29 is 13.9 Å². The van der Waals surface area contributed by atoms with Gasteiger partial charge in [0.2, 0.25) is 11.8 Å². The summed E-state index contributed by atoms with van der Waals surface area (Å²) >= 11 is 0. The van der Waals surface area contributed by atoms with Crippen molar-refractivity contribution in [2.24, 2.45) is 5.73 Å². The number of H-pyrrole nitrogens is 1. The number of para-hydroxylation sites is 1. The number of hydrogen-bond donors (Lipinski definition) is 2. The number of nitrogens with zero attached hydrogens (tertiary/aromatic N) is 2. The zero-order valence-electron chi connectivity index (χ0n) is 14.4. The lowest BCUT2D eigenvalue weighted by atomic mass is 9.84. The number of ether oxygens (including phenoxy) is 2. The molecule has 3 N–H and O–H groups in total. The molecule has 0 radical (unpaired) electrons. The average molecular weight is 362 g/mol. The molecule has 1 aliphatic heterocycles. The molecule has 0 spiro atoms. The van der Waals surface area contributed by atoms with Crippen LogP contribution in [0.2, 0.25) is 0 Å². The van der Waals surface area contributed by atoms with Gasteiger partial charge in [-0.2, -0.15) is 5.26 Å². The number of nitrogens with two attached hydrogens (primary N) is 1. The van der Waals surface area contributed by atoms with Gasteiger partial charge in [-0.05, 0) is 36.8 Å². The number of benzene rings is 2. The van der Waals surface area contributed by atoms with Gasteiger partial charge in [0, 0.05) is 11.3 Å². The van der Waals surface area contributed by atoms with Crippen LogP contribution in [-0.4, -0.2) is 10.2 Å². The number of hydrogen-bond acceptors (Lipinski definition) is 5. The van der Waals surface area contributed by atoms with Crippen LogP contribution < -0.4 is 15.2 Å². The molecule has 7 heteroatoms. The highest BCUT2D eigenvalue weighted by Gasteiger charge is 2.34. The molecule has 1 aliphatic rings. The summed E-state index contributed by atoms with van der Waals surface area (Å²) in [4.78, 5) is 0. The number of halogens is 1. The molecule has 0 saturated carbocycles. The first-order valence-corrected chi connectivity index (χ1v) is 8.23. The van der Waals surface area contributed by atoms with Gasteiger partial charge in [0.1, 0.15) is 17.4 Å². The summed E-state index contributed by atoms with van der Waals surface area (Å²) in [6, 6.07) is 15.5. The van der Waals surface area contributed by atoms with E-state index in [1.165, 1.54) is 6.07 Å². The summed E-state index contributed by atoms with van der Waals surface area (Å²) in [6.07, 6.45) is 0. The number of nitrogens with one attached hydrogen (secondary N) is 1. The van der Waals surface area contributed by atoms with Crippen molar-refractivity contribution in [2.75, 3.05) is 0 Å². The van der Waals surface area contributed by atoms with Gasteiger partial charge in [0.25, 0.3) is 0 Å². The normalized spacial score (nSPS) is 15.7. The van der Waals surface area contributed by atoms with E-state index >= 15 is 0 Å². The molecule has 6 nitrogen and oxygen atoms in total. The van der Waals surface area contributed by atoms with E-state index in [9.17, 15) is 9.65 Å². The summed E-state index contributed by atoms with van der Waals surface area (Å²) in [6.45, 7) is 1.82. The maximum absolute atomic E-state index is 14.3. The molecule has 27 heavy (non-hydrogen) atoms. The quantitative estimate of drug-likeness (QED) is 0.737. The van der Waals surface area contributed by atoms with Crippen molar-refractivity contribution >= 4 is 0 Å². The lowest BCUT2D eigenvalue weighted by Crippen LogP contribution is -2.21. The Bertz CT molecular complexity index is 1080. The molecule has 0 aliphatic carbocycles. The van der Waals surface area contributed by atoms with Gasteiger partial charge in [-0.15, -0.1) is 5.10 Å². The Balaban J connectivity index is 1.82. The first-order chi connectivity index (χ1) is 13.1. The highest BCUT2D eigenvalue weighted by atomic mass is 19.1. The van der Waals surface area contributed by atoms with E-state index in [-0.39, 0.29) is 17.2 Å². The highest BCUT2D eigenvalue weighted by molar-refractivity contribution is 5.56. The van der Waals surface area contributed by atoms with E-state index in [1.54, 1.807) is 36.4 Å². The number of fused-ring (bicyclic) bond motifs is 1. The Morgan fingerprint density at radius 2 is 2.04 bits per heavy atom. The first kappa shape index (κ1) is 16.7. The first-order valence-electron chi connectivity index (χ1n) is 8.23. The van der Waals surface area contributed by atoms with Crippen molar-refractivity contribution in [3.63, 3.8) is 0 Å². The molecule has 1 aromatic heterocycles. The molecule has 1 atom stereocenters. The monoisotopic (exact) mass is 362 g/mol. The van der Waals surface area contributed by atoms with Crippen LogP contribution in [0, 0.1) is 24.1 Å². The molecule has 0 bridgehead atoms. The lowest BCUT2D eigenvalue weighted by Gasteiger charge is -2.24. The number of aryl methyl sites for hydroxylation is 1. The summed E-state index contributed by atoms with van der Waals surface area (Å²) in [5.74, 6) is -0.175. The third-order valence-corrected chi connectivity index (χ3v) is 4.39. The Hall–Kier alpha value is -3.79. The third kappa shape index (κ3) is 2.87. The van der Waals surface area contributed by atoms with Gasteiger partial charge in [-0.3, -0.25) is 5.10 Å². The Kier molecular flexibility index (Phi) is 4.01. The third-order valence-electron chi connectivity index (χ3n) is 4.39. The Labute approximate surface area is 154 Å². The van der Waals surface area contributed by atoms with E-state index in [1.807, 2.05) is 13.0 Å². The zero-order chi connectivity index (χ0) is 19.0. The van der Waals surface area contributed by atoms with E-state index < -0.39 is 11.7 Å². The number of aromatic nitrogens is 2. The molecule has 134 valence electrons.